The van der Waals surface area contributed by atoms with Crippen LogP contribution in [0.3, 0.4) is 0 Å². The van der Waals surface area contributed by atoms with Gasteiger partial charge in [0.05, 0.1) is 5.60 Å². The largest absolute Gasteiger partial charge is 0.366 e. The highest BCUT2D eigenvalue weighted by Crippen LogP contribution is 2.68. The van der Waals surface area contributed by atoms with Crippen LogP contribution in [-0.2, 0) is 4.74 Å². The first kappa shape index (κ1) is 17.3. The number of hydrogen-bond donors (Lipinski definition) is 1. The Bertz CT molecular complexity index is 395. The van der Waals surface area contributed by atoms with Crippen molar-refractivity contribution in [3.63, 3.8) is 0 Å². The molecule has 2 heteroatoms. The highest BCUT2D eigenvalue weighted by molar-refractivity contribution is 5.13. The summed E-state index contributed by atoms with van der Waals surface area (Å²) in [6, 6.07) is 0. The summed E-state index contributed by atoms with van der Waals surface area (Å²) in [5.41, 5.74) is 0.259. The molecule has 2 rings (SSSR count). The Morgan fingerprint density at radius 2 is 1.67 bits per heavy atom. The predicted octanol–water partition coefficient (Wildman–Crippen LogP) is 5.00. The molecule has 2 aliphatic rings. The lowest BCUT2D eigenvalue weighted by Gasteiger charge is -2.63. The molecule has 0 aromatic rings. The number of rotatable bonds is 3. The molecule has 0 aromatic carbocycles. The molecule has 2 nitrogen and oxygen atoms in total. The molecule has 0 amide bonds. The molecule has 0 saturated heterocycles. The molecule has 2 fully saturated rings. The Labute approximate surface area is 131 Å². The summed E-state index contributed by atoms with van der Waals surface area (Å²) in [5, 5.41) is 10.3. The molecule has 2 aliphatic carbocycles. The fourth-order valence-corrected chi connectivity index (χ4v) is 5.99. The van der Waals surface area contributed by atoms with E-state index in [9.17, 15) is 5.11 Å². The van der Waals surface area contributed by atoms with Crippen LogP contribution in [-0.4, -0.2) is 16.5 Å². The molecule has 2 unspecified atom stereocenters. The first-order valence-electron chi connectivity index (χ1n) is 8.83. The van der Waals surface area contributed by atoms with Crippen molar-refractivity contribution in [1.29, 1.82) is 0 Å². The molecule has 0 spiro atoms. The Hall–Kier alpha value is -0.0800. The molecule has 124 valence electrons. The van der Waals surface area contributed by atoms with Gasteiger partial charge in [0.25, 0.3) is 0 Å². The van der Waals surface area contributed by atoms with Crippen molar-refractivity contribution in [3.8, 4) is 0 Å². The van der Waals surface area contributed by atoms with Gasteiger partial charge in [0.15, 0.2) is 5.79 Å². The lowest BCUT2D eigenvalue weighted by molar-refractivity contribution is -0.314. The minimum absolute atomic E-state index is 0.0748. The fraction of sp³-hybridized carbons (Fsp3) is 1.00. The lowest BCUT2D eigenvalue weighted by atomic mass is 9.46. The second-order valence-electron chi connectivity index (χ2n) is 9.10. The third-order valence-corrected chi connectivity index (χ3v) is 7.46. The van der Waals surface area contributed by atoms with Crippen molar-refractivity contribution >= 4 is 0 Å². The maximum atomic E-state index is 10.3. The molecule has 2 saturated carbocycles. The van der Waals surface area contributed by atoms with E-state index in [4.69, 9.17) is 4.74 Å². The number of fused-ring (bicyclic) bond motifs is 1. The van der Waals surface area contributed by atoms with Gasteiger partial charge in [-0.1, -0.05) is 34.6 Å². The molecule has 0 aliphatic heterocycles. The summed E-state index contributed by atoms with van der Waals surface area (Å²) in [5.74, 6) is 0.876. The maximum absolute atomic E-state index is 10.3. The summed E-state index contributed by atoms with van der Waals surface area (Å²) >= 11 is 0. The summed E-state index contributed by atoms with van der Waals surface area (Å²) in [4.78, 5) is 0. The topological polar surface area (TPSA) is 29.5 Å². The molecule has 0 aromatic heterocycles. The SMILES string of the molecule is CC[C@]12CC(C)C(C)(OC(C)(C)O)C(C)(C)[C@@H]1CC[C@H]2C. The summed E-state index contributed by atoms with van der Waals surface area (Å²) in [6.45, 7) is 17.7. The lowest BCUT2D eigenvalue weighted by Crippen LogP contribution is -2.63. The van der Waals surface area contributed by atoms with Gasteiger partial charge in [0, 0.05) is 0 Å². The normalized spacial score (nSPS) is 46.4. The average molecular weight is 296 g/mol. The second-order valence-corrected chi connectivity index (χ2v) is 9.10. The van der Waals surface area contributed by atoms with E-state index in [0.717, 1.165) is 5.92 Å². The van der Waals surface area contributed by atoms with Gasteiger partial charge in [0.1, 0.15) is 0 Å². The zero-order chi connectivity index (χ0) is 16.3. The third kappa shape index (κ3) is 2.37. The van der Waals surface area contributed by atoms with E-state index in [-0.39, 0.29) is 11.0 Å². The monoisotopic (exact) mass is 296 g/mol. The number of hydrogen-bond acceptors (Lipinski definition) is 2. The van der Waals surface area contributed by atoms with Crippen molar-refractivity contribution < 1.29 is 9.84 Å². The van der Waals surface area contributed by atoms with E-state index in [1.807, 2.05) is 0 Å². The molecular formula is C19H36O2. The minimum atomic E-state index is -1.07. The summed E-state index contributed by atoms with van der Waals surface area (Å²) in [7, 11) is 0. The van der Waals surface area contributed by atoms with E-state index in [1.54, 1.807) is 13.8 Å². The average Bonchev–Trinajstić information content (AvgIpc) is 2.64. The van der Waals surface area contributed by atoms with Crippen LogP contribution in [0.15, 0.2) is 0 Å². The van der Waals surface area contributed by atoms with E-state index >= 15 is 0 Å². The Kier molecular flexibility index (Phi) is 4.08. The van der Waals surface area contributed by atoms with E-state index in [2.05, 4.69) is 41.5 Å². The van der Waals surface area contributed by atoms with Gasteiger partial charge in [-0.3, -0.25) is 0 Å². The minimum Gasteiger partial charge on any atom is -0.366 e. The van der Waals surface area contributed by atoms with Gasteiger partial charge in [-0.2, -0.15) is 0 Å². The van der Waals surface area contributed by atoms with Gasteiger partial charge in [0.2, 0.25) is 0 Å². The van der Waals surface area contributed by atoms with Gasteiger partial charge in [-0.25, -0.2) is 0 Å². The zero-order valence-electron chi connectivity index (χ0n) is 15.4. The second kappa shape index (κ2) is 4.96. The van der Waals surface area contributed by atoms with Crippen molar-refractivity contribution in [2.75, 3.05) is 0 Å². The van der Waals surface area contributed by atoms with Gasteiger partial charge in [-0.15, -0.1) is 0 Å². The fourth-order valence-electron chi connectivity index (χ4n) is 5.99. The van der Waals surface area contributed by atoms with Crippen molar-refractivity contribution in [2.24, 2.45) is 28.6 Å². The molecule has 0 radical (unpaired) electrons. The van der Waals surface area contributed by atoms with E-state index in [1.165, 1.54) is 25.7 Å². The van der Waals surface area contributed by atoms with Crippen LogP contribution >= 0.6 is 0 Å². The first-order valence-corrected chi connectivity index (χ1v) is 8.83. The first-order chi connectivity index (χ1) is 9.41. The van der Waals surface area contributed by atoms with Crippen LogP contribution < -0.4 is 0 Å². The van der Waals surface area contributed by atoms with Crippen LogP contribution in [0, 0.1) is 28.6 Å². The standard InChI is InChI=1S/C19H36O2/c1-9-19-12-14(3)18(8,21-17(6,7)20)16(4,5)15(19)11-10-13(19)2/h13-15,20H,9-12H2,1-8H3/t13-,14?,15+,18?,19-/m1/s1. The van der Waals surface area contributed by atoms with Crippen molar-refractivity contribution in [3.05, 3.63) is 0 Å². The number of aliphatic hydroxyl groups is 1. The van der Waals surface area contributed by atoms with Crippen LogP contribution in [0.1, 0.15) is 81.1 Å². The Balaban J connectivity index is 2.46. The molecule has 1 N–H and O–H groups in total. The Morgan fingerprint density at radius 1 is 1.10 bits per heavy atom. The summed E-state index contributed by atoms with van der Waals surface area (Å²) in [6.07, 6.45) is 5.14. The summed E-state index contributed by atoms with van der Waals surface area (Å²) < 4.78 is 6.28. The predicted molar refractivity (Wildman–Crippen MR) is 88.0 cm³/mol. The maximum Gasteiger partial charge on any atom is 0.160 e. The third-order valence-electron chi connectivity index (χ3n) is 7.46. The van der Waals surface area contributed by atoms with Crippen LogP contribution in [0.2, 0.25) is 0 Å². The number of ether oxygens (including phenoxy) is 1. The zero-order valence-corrected chi connectivity index (χ0v) is 15.4. The molecule has 0 heterocycles. The molecule has 21 heavy (non-hydrogen) atoms. The van der Waals surface area contributed by atoms with Crippen molar-refractivity contribution in [1.82, 2.24) is 0 Å². The highest BCUT2D eigenvalue weighted by atomic mass is 16.6. The van der Waals surface area contributed by atoms with Crippen LogP contribution in [0.25, 0.3) is 0 Å². The van der Waals surface area contributed by atoms with Crippen LogP contribution in [0.4, 0.5) is 0 Å². The quantitative estimate of drug-likeness (QED) is 0.743. The van der Waals surface area contributed by atoms with E-state index in [0.29, 0.717) is 17.3 Å². The van der Waals surface area contributed by atoms with Gasteiger partial charge < -0.3 is 9.84 Å². The molecular weight excluding hydrogens is 260 g/mol. The van der Waals surface area contributed by atoms with Crippen molar-refractivity contribution in [2.45, 2.75) is 92.5 Å². The smallest absolute Gasteiger partial charge is 0.160 e. The molecule has 0 bridgehead atoms. The highest BCUT2D eigenvalue weighted by Gasteiger charge is 2.65. The Morgan fingerprint density at radius 3 is 2.14 bits per heavy atom. The van der Waals surface area contributed by atoms with E-state index < -0.39 is 5.79 Å². The van der Waals surface area contributed by atoms with Crippen LogP contribution in [0.5, 0.6) is 0 Å². The molecule has 5 atom stereocenters. The van der Waals surface area contributed by atoms with Gasteiger partial charge >= 0.3 is 0 Å². The van der Waals surface area contributed by atoms with Gasteiger partial charge in [-0.05, 0) is 75.0 Å².